The molecule has 5 nitrogen and oxygen atoms in total. The molecule has 0 atom stereocenters. The zero-order chi connectivity index (χ0) is 16.1. The predicted molar refractivity (Wildman–Crippen MR) is 85.9 cm³/mol. The van der Waals surface area contributed by atoms with Crippen LogP contribution in [0.4, 0.5) is 0 Å². The lowest BCUT2D eigenvalue weighted by Gasteiger charge is -2.32. The highest BCUT2D eigenvalue weighted by molar-refractivity contribution is 5.25. The van der Waals surface area contributed by atoms with E-state index in [1.54, 1.807) is 0 Å². The second kappa shape index (κ2) is 7.73. The van der Waals surface area contributed by atoms with Gasteiger partial charge in [0.2, 0.25) is 6.04 Å². The number of hydrogen-bond acceptors (Lipinski definition) is 4. The molecule has 5 heteroatoms. The minimum absolute atomic E-state index is 0.158. The van der Waals surface area contributed by atoms with Crippen molar-refractivity contribution in [3.8, 4) is 6.07 Å². The second-order valence-corrected chi connectivity index (χ2v) is 7.06. The third kappa shape index (κ3) is 4.30. The first-order chi connectivity index (χ1) is 10.5. The van der Waals surface area contributed by atoms with Crippen LogP contribution in [0, 0.1) is 33.3 Å². The molecule has 0 amide bonds. The zero-order valence-electron chi connectivity index (χ0n) is 13.7. The maximum Gasteiger partial charge on any atom is 0.213 e. The summed E-state index contributed by atoms with van der Waals surface area (Å²) >= 11 is 0. The summed E-state index contributed by atoms with van der Waals surface area (Å²) in [5.74, 6) is 0.756. The third-order valence-corrected chi connectivity index (χ3v) is 5.45. The van der Waals surface area contributed by atoms with Crippen molar-refractivity contribution in [3.05, 3.63) is 21.8 Å². The van der Waals surface area contributed by atoms with E-state index >= 15 is 0 Å². The van der Waals surface area contributed by atoms with Gasteiger partial charge in [-0.2, -0.15) is 5.26 Å². The van der Waals surface area contributed by atoms with Gasteiger partial charge in [0.25, 0.3) is 0 Å². The number of nitrogens with zero attached hydrogens (tertiary/aromatic N) is 3. The maximum atomic E-state index is 10.8. The molecule has 0 N–H and O–H groups in total. The average Bonchev–Trinajstić information content (AvgIpc) is 2.53. The van der Waals surface area contributed by atoms with Crippen LogP contribution < -0.4 is 0 Å². The molecule has 0 spiro atoms. The van der Waals surface area contributed by atoms with E-state index in [4.69, 9.17) is 0 Å². The summed E-state index contributed by atoms with van der Waals surface area (Å²) in [6.45, 7) is 0. The van der Waals surface area contributed by atoms with Gasteiger partial charge in [0.15, 0.2) is 0 Å². The van der Waals surface area contributed by atoms with Crippen molar-refractivity contribution >= 4 is 0 Å². The summed E-state index contributed by atoms with van der Waals surface area (Å²) in [6.07, 6.45) is 9.69. The fraction of sp³-hybridized carbons (Fsp3) is 0.824. The summed E-state index contributed by atoms with van der Waals surface area (Å²) < 4.78 is 0. The lowest BCUT2D eigenvalue weighted by molar-refractivity contribution is -0.526. The van der Waals surface area contributed by atoms with E-state index in [-0.39, 0.29) is 10.8 Å². The Morgan fingerprint density at radius 3 is 2.18 bits per heavy atom. The van der Waals surface area contributed by atoms with E-state index in [2.05, 4.69) is 31.1 Å². The van der Waals surface area contributed by atoms with Gasteiger partial charge in [0.1, 0.15) is 0 Å². The summed E-state index contributed by atoms with van der Waals surface area (Å²) in [4.78, 5) is 13.0. The molecule has 0 aliphatic heterocycles. The van der Waals surface area contributed by atoms with Crippen LogP contribution in [0.3, 0.4) is 0 Å². The normalized spacial score (nSPS) is 33.5. The van der Waals surface area contributed by atoms with Gasteiger partial charge in [-0.15, -0.1) is 0 Å². The molecule has 0 bridgehead atoms. The first-order valence-electron chi connectivity index (χ1n) is 8.43. The second-order valence-electron chi connectivity index (χ2n) is 7.06. The number of rotatable bonds is 4. The molecule has 2 aliphatic rings. The minimum Gasteiger partial charge on any atom is -0.306 e. The van der Waals surface area contributed by atoms with Crippen molar-refractivity contribution in [3.63, 3.8) is 0 Å². The molecule has 0 radical (unpaired) electrons. The number of hydrogen-bond donors (Lipinski definition) is 0. The van der Waals surface area contributed by atoms with E-state index in [1.807, 2.05) is 0 Å². The smallest absolute Gasteiger partial charge is 0.213 e. The lowest BCUT2D eigenvalue weighted by Crippen LogP contribution is -2.32. The molecule has 0 aromatic heterocycles. The van der Waals surface area contributed by atoms with Crippen molar-refractivity contribution in [2.75, 3.05) is 14.1 Å². The number of nitriles is 1. The molecule has 122 valence electrons. The van der Waals surface area contributed by atoms with E-state index in [9.17, 15) is 15.4 Å². The molecule has 0 aromatic carbocycles. The van der Waals surface area contributed by atoms with Crippen molar-refractivity contribution in [2.24, 2.45) is 11.8 Å². The predicted octanol–water partition coefficient (Wildman–Crippen LogP) is 3.39. The van der Waals surface area contributed by atoms with E-state index in [1.165, 1.54) is 12.8 Å². The molecule has 0 aromatic rings. The van der Waals surface area contributed by atoms with Crippen LogP contribution in [0.1, 0.15) is 51.4 Å². The Bertz CT molecular complexity index is 451. The first-order valence-corrected chi connectivity index (χ1v) is 8.43. The standard InChI is InChI=1S/C17H27N3O2/c1-19(2)16-7-3-13(4-8-16)11-15(12-18)14-5-9-17(10-6-14)20(21)22/h11,13-14,16-17H,3-10H2,1-2H3. The number of allylic oxidation sites excluding steroid dienone is 2. The molecule has 0 saturated heterocycles. The van der Waals surface area contributed by atoms with Crippen LogP contribution in [0.5, 0.6) is 0 Å². The molecule has 0 unspecified atom stereocenters. The maximum absolute atomic E-state index is 10.8. The average molecular weight is 305 g/mol. The van der Waals surface area contributed by atoms with Gasteiger partial charge in [0.05, 0.1) is 6.07 Å². The van der Waals surface area contributed by atoms with Gasteiger partial charge in [-0.05, 0) is 64.5 Å². The van der Waals surface area contributed by atoms with Crippen molar-refractivity contribution in [1.29, 1.82) is 5.26 Å². The van der Waals surface area contributed by atoms with Crippen LogP contribution in [0.15, 0.2) is 11.6 Å². The lowest BCUT2D eigenvalue weighted by atomic mass is 9.78. The Morgan fingerprint density at radius 1 is 1.14 bits per heavy atom. The molecule has 2 aliphatic carbocycles. The van der Waals surface area contributed by atoms with Crippen LogP contribution >= 0.6 is 0 Å². The van der Waals surface area contributed by atoms with Crippen molar-refractivity contribution in [1.82, 2.24) is 4.90 Å². The quantitative estimate of drug-likeness (QED) is 0.453. The van der Waals surface area contributed by atoms with E-state index < -0.39 is 6.04 Å². The Hall–Kier alpha value is -1.41. The van der Waals surface area contributed by atoms with Crippen LogP contribution in [0.25, 0.3) is 0 Å². The fourth-order valence-corrected chi connectivity index (χ4v) is 3.90. The molecular formula is C17H27N3O2. The van der Waals surface area contributed by atoms with Crippen molar-refractivity contribution < 1.29 is 4.92 Å². The molecule has 22 heavy (non-hydrogen) atoms. The summed E-state index contributed by atoms with van der Waals surface area (Å²) in [5.41, 5.74) is 0.884. The number of nitro groups is 1. The fourth-order valence-electron chi connectivity index (χ4n) is 3.90. The third-order valence-electron chi connectivity index (χ3n) is 5.45. The minimum atomic E-state index is -0.397. The van der Waals surface area contributed by atoms with Gasteiger partial charge in [0, 0.05) is 29.4 Å². The Balaban J connectivity index is 1.90. The largest absolute Gasteiger partial charge is 0.306 e. The molecule has 2 fully saturated rings. The van der Waals surface area contributed by atoms with Gasteiger partial charge in [-0.25, -0.2) is 0 Å². The highest BCUT2D eigenvalue weighted by Gasteiger charge is 2.31. The van der Waals surface area contributed by atoms with Gasteiger partial charge >= 0.3 is 0 Å². The highest BCUT2D eigenvalue weighted by atomic mass is 16.6. The SMILES string of the molecule is CN(C)C1CCC(C=C(C#N)C2CCC([N+](=O)[O-])CC2)CC1. The van der Waals surface area contributed by atoms with E-state index in [0.717, 1.165) is 31.3 Å². The van der Waals surface area contributed by atoms with Gasteiger partial charge in [-0.3, -0.25) is 10.1 Å². The monoisotopic (exact) mass is 305 g/mol. The van der Waals surface area contributed by atoms with Gasteiger partial charge < -0.3 is 4.90 Å². The van der Waals surface area contributed by atoms with Gasteiger partial charge in [-0.1, -0.05) is 6.08 Å². The van der Waals surface area contributed by atoms with E-state index in [0.29, 0.717) is 24.8 Å². The van der Waals surface area contributed by atoms with Crippen LogP contribution in [-0.2, 0) is 0 Å². The van der Waals surface area contributed by atoms with Crippen molar-refractivity contribution in [2.45, 2.75) is 63.5 Å². The zero-order valence-corrected chi connectivity index (χ0v) is 13.7. The molecular weight excluding hydrogens is 278 g/mol. The first kappa shape index (κ1) is 17.0. The highest BCUT2D eigenvalue weighted by Crippen LogP contribution is 2.34. The topological polar surface area (TPSA) is 70.2 Å². The Morgan fingerprint density at radius 2 is 1.73 bits per heavy atom. The molecule has 2 rings (SSSR count). The Labute approximate surface area is 133 Å². The summed E-state index contributed by atoms with van der Waals surface area (Å²) in [5, 5.41) is 20.3. The molecule has 2 saturated carbocycles. The Kier molecular flexibility index (Phi) is 5.96. The summed E-state index contributed by atoms with van der Waals surface area (Å²) in [7, 11) is 4.27. The summed E-state index contributed by atoms with van der Waals surface area (Å²) in [6, 6.07) is 2.65. The van der Waals surface area contributed by atoms with Crippen LogP contribution in [-0.4, -0.2) is 36.0 Å². The van der Waals surface area contributed by atoms with Crippen LogP contribution in [0.2, 0.25) is 0 Å². The molecule has 0 heterocycles.